The highest BCUT2D eigenvalue weighted by molar-refractivity contribution is 5.73. The van der Waals surface area contributed by atoms with Gasteiger partial charge in [-0.25, -0.2) is 4.98 Å². The number of nitrogens with zero attached hydrogens (tertiary/aromatic N) is 2. The summed E-state index contributed by atoms with van der Waals surface area (Å²) < 4.78 is 0. The molecule has 1 aliphatic rings. The molecule has 1 unspecified atom stereocenters. The van der Waals surface area contributed by atoms with E-state index < -0.39 is 0 Å². The standard InChI is InChI=1S/C12H16N4/c1-2-9(14-6-1)3-4-12-15-10-5-7-13-8-11(10)16-12/h5,7-9,14H,1-4,6H2,(H,15,16). The van der Waals surface area contributed by atoms with Gasteiger partial charge < -0.3 is 10.3 Å². The lowest BCUT2D eigenvalue weighted by atomic mass is 10.1. The molecule has 4 heteroatoms. The third-order valence-electron chi connectivity index (χ3n) is 3.22. The maximum absolute atomic E-state index is 4.55. The molecule has 1 atom stereocenters. The maximum atomic E-state index is 4.55. The Bertz CT molecular complexity index is 438. The van der Waals surface area contributed by atoms with Crippen LogP contribution in [0.3, 0.4) is 0 Å². The summed E-state index contributed by atoms with van der Waals surface area (Å²) >= 11 is 0. The lowest BCUT2D eigenvalue weighted by Crippen LogP contribution is -2.21. The van der Waals surface area contributed by atoms with Gasteiger partial charge in [0.05, 0.1) is 17.2 Å². The van der Waals surface area contributed by atoms with E-state index in [1.807, 2.05) is 12.3 Å². The van der Waals surface area contributed by atoms with Gasteiger partial charge in [-0.2, -0.15) is 0 Å². The zero-order valence-corrected chi connectivity index (χ0v) is 9.24. The van der Waals surface area contributed by atoms with Crippen molar-refractivity contribution in [1.82, 2.24) is 20.3 Å². The molecule has 2 aromatic rings. The number of nitrogens with one attached hydrogen (secondary N) is 2. The topological polar surface area (TPSA) is 53.6 Å². The van der Waals surface area contributed by atoms with Gasteiger partial charge in [0.1, 0.15) is 5.82 Å². The zero-order chi connectivity index (χ0) is 10.8. The molecule has 84 valence electrons. The van der Waals surface area contributed by atoms with E-state index in [2.05, 4.69) is 20.3 Å². The second-order valence-electron chi connectivity index (χ2n) is 4.41. The van der Waals surface area contributed by atoms with Gasteiger partial charge >= 0.3 is 0 Å². The largest absolute Gasteiger partial charge is 0.341 e. The minimum absolute atomic E-state index is 0.686. The van der Waals surface area contributed by atoms with Crippen LogP contribution in [0.4, 0.5) is 0 Å². The van der Waals surface area contributed by atoms with Crippen LogP contribution in [0, 0.1) is 0 Å². The molecule has 0 bridgehead atoms. The molecule has 0 aliphatic carbocycles. The second kappa shape index (κ2) is 4.22. The molecule has 4 nitrogen and oxygen atoms in total. The van der Waals surface area contributed by atoms with Gasteiger partial charge in [-0.15, -0.1) is 0 Å². The Hall–Kier alpha value is -1.42. The van der Waals surface area contributed by atoms with E-state index in [4.69, 9.17) is 0 Å². The molecule has 0 radical (unpaired) electrons. The van der Waals surface area contributed by atoms with Gasteiger partial charge in [0.2, 0.25) is 0 Å². The van der Waals surface area contributed by atoms with Crippen molar-refractivity contribution in [1.29, 1.82) is 0 Å². The molecular weight excluding hydrogens is 200 g/mol. The molecule has 1 aliphatic heterocycles. The summed E-state index contributed by atoms with van der Waals surface area (Å²) in [6.07, 6.45) is 8.43. The number of imidazole rings is 1. The molecule has 0 amide bonds. The van der Waals surface area contributed by atoms with Gasteiger partial charge in [-0.3, -0.25) is 4.98 Å². The Labute approximate surface area is 94.5 Å². The number of aromatic nitrogens is 3. The fourth-order valence-corrected chi connectivity index (χ4v) is 2.34. The second-order valence-corrected chi connectivity index (χ2v) is 4.41. The smallest absolute Gasteiger partial charge is 0.107 e. The van der Waals surface area contributed by atoms with E-state index in [1.165, 1.54) is 25.8 Å². The highest BCUT2D eigenvalue weighted by atomic mass is 14.9. The lowest BCUT2D eigenvalue weighted by Gasteiger charge is -2.07. The molecule has 1 saturated heterocycles. The number of H-pyrrole nitrogens is 1. The predicted octanol–water partition coefficient (Wildman–Crippen LogP) is 1.64. The third kappa shape index (κ3) is 1.93. The van der Waals surface area contributed by atoms with E-state index in [0.717, 1.165) is 23.3 Å². The number of hydrogen-bond donors (Lipinski definition) is 2. The number of fused-ring (bicyclic) bond motifs is 1. The monoisotopic (exact) mass is 216 g/mol. The first kappa shape index (κ1) is 9.78. The average molecular weight is 216 g/mol. The summed E-state index contributed by atoms with van der Waals surface area (Å²) in [5.74, 6) is 1.08. The van der Waals surface area contributed by atoms with Crippen molar-refractivity contribution in [2.45, 2.75) is 31.7 Å². The first-order chi connectivity index (χ1) is 7.92. The van der Waals surface area contributed by atoms with Crippen molar-refractivity contribution in [3.8, 4) is 0 Å². The van der Waals surface area contributed by atoms with E-state index in [9.17, 15) is 0 Å². The quantitative estimate of drug-likeness (QED) is 0.820. The summed E-state index contributed by atoms with van der Waals surface area (Å²) in [7, 11) is 0. The van der Waals surface area contributed by atoms with Gasteiger partial charge in [-0.05, 0) is 31.9 Å². The first-order valence-corrected chi connectivity index (χ1v) is 5.94. The SMILES string of the molecule is c1cc2nc(CCC3CCCN3)[nH]c2cn1. The van der Waals surface area contributed by atoms with Gasteiger partial charge in [0.25, 0.3) is 0 Å². The van der Waals surface area contributed by atoms with Crippen molar-refractivity contribution in [3.63, 3.8) is 0 Å². The lowest BCUT2D eigenvalue weighted by molar-refractivity contribution is 0.552. The molecule has 2 aromatic heterocycles. The third-order valence-corrected chi connectivity index (χ3v) is 3.22. The van der Waals surface area contributed by atoms with Crippen molar-refractivity contribution in [2.75, 3.05) is 6.54 Å². The molecule has 3 rings (SSSR count). The Kier molecular flexibility index (Phi) is 2.58. The Morgan fingerprint density at radius 2 is 2.44 bits per heavy atom. The minimum atomic E-state index is 0.686. The van der Waals surface area contributed by atoms with Gasteiger partial charge in [-0.1, -0.05) is 0 Å². The van der Waals surface area contributed by atoms with Crippen molar-refractivity contribution >= 4 is 11.0 Å². The maximum Gasteiger partial charge on any atom is 0.107 e. The molecule has 0 spiro atoms. The number of hydrogen-bond acceptors (Lipinski definition) is 3. The number of aromatic amines is 1. The van der Waals surface area contributed by atoms with Crippen LogP contribution in [-0.2, 0) is 6.42 Å². The number of pyridine rings is 1. The van der Waals surface area contributed by atoms with Crippen LogP contribution < -0.4 is 5.32 Å². The van der Waals surface area contributed by atoms with E-state index in [0.29, 0.717) is 6.04 Å². The zero-order valence-electron chi connectivity index (χ0n) is 9.24. The summed E-state index contributed by atoms with van der Waals surface area (Å²) in [5.41, 5.74) is 2.06. The average Bonchev–Trinajstić information content (AvgIpc) is 2.95. The van der Waals surface area contributed by atoms with Crippen LogP contribution >= 0.6 is 0 Å². The van der Waals surface area contributed by atoms with Crippen molar-refractivity contribution < 1.29 is 0 Å². The van der Waals surface area contributed by atoms with E-state index in [1.54, 1.807) is 6.20 Å². The number of aryl methyl sites for hydroxylation is 1. The van der Waals surface area contributed by atoms with Crippen LogP contribution in [0.1, 0.15) is 25.1 Å². The summed E-state index contributed by atoms with van der Waals surface area (Å²) in [5, 5.41) is 3.51. The van der Waals surface area contributed by atoms with Gasteiger partial charge in [0.15, 0.2) is 0 Å². The van der Waals surface area contributed by atoms with Crippen LogP contribution in [0.5, 0.6) is 0 Å². The summed E-state index contributed by atoms with van der Waals surface area (Å²) in [4.78, 5) is 11.9. The Morgan fingerprint density at radius 1 is 1.44 bits per heavy atom. The van der Waals surface area contributed by atoms with E-state index in [-0.39, 0.29) is 0 Å². The summed E-state index contributed by atoms with van der Waals surface area (Å²) in [6.45, 7) is 1.18. The number of rotatable bonds is 3. The van der Waals surface area contributed by atoms with Crippen LogP contribution in [0.2, 0.25) is 0 Å². The fraction of sp³-hybridized carbons (Fsp3) is 0.500. The van der Waals surface area contributed by atoms with Crippen molar-refractivity contribution in [3.05, 3.63) is 24.3 Å². The van der Waals surface area contributed by atoms with Crippen molar-refractivity contribution in [2.24, 2.45) is 0 Å². The Balaban J connectivity index is 1.69. The molecule has 16 heavy (non-hydrogen) atoms. The predicted molar refractivity (Wildman–Crippen MR) is 63.2 cm³/mol. The molecule has 0 aromatic carbocycles. The van der Waals surface area contributed by atoms with Gasteiger partial charge in [0, 0.05) is 18.7 Å². The molecule has 1 fully saturated rings. The van der Waals surface area contributed by atoms with E-state index >= 15 is 0 Å². The molecule has 3 heterocycles. The van der Waals surface area contributed by atoms with Crippen LogP contribution in [-0.4, -0.2) is 27.5 Å². The van der Waals surface area contributed by atoms with Crippen LogP contribution in [0.25, 0.3) is 11.0 Å². The Morgan fingerprint density at radius 3 is 3.25 bits per heavy atom. The summed E-state index contributed by atoms with van der Waals surface area (Å²) in [6, 6.07) is 2.63. The minimum Gasteiger partial charge on any atom is -0.341 e. The highest BCUT2D eigenvalue weighted by Crippen LogP contribution is 2.14. The highest BCUT2D eigenvalue weighted by Gasteiger charge is 2.14. The van der Waals surface area contributed by atoms with Crippen LogP contribution in [0.15, 0.2) is 18.5 Å². The molecule has 0 saturated carbocycles. The molecule has 2 N–H and O–H groups in total. The first-order valence-electron chi connectivity index (χ1n) is 5.94. The fourth-order valence-electron chi connectivity index (χ4n) is 2.34. The molecular formula is C12H16N4. The normalized spacial score (nSPS) is 20.6.